The summed E-state index contributed by atoms with van der Waals surface area (Å²) in [4.78, 5) is 0. The zero-order chi connectivity index (χ0) is 13.0. The molecule has 0 aliphatic carbocycles. The molecule has 92 valence electrons. The third-order valence-corrected chi connectivity index (χ3v) is 3.34. The molecule has 18 heavy (non-hydrogen) atoms. The first kappa shape index (κ1) is 12.6. The Morgan fingerprint density at radius 1 is 1.11 bits per heavy atom. The highest BCUT2D eigenvalue weighted by Crippen LogP contribution is 2.26. The maximum absolute atomic E-state index is 3.89. The van der Waals surface area contributed by atoms with E-state index in [1.807, 2.05) is 6.08 Å². The molecule has 0 N–H and O–H groups in total. The van der Waals surface area contributed by atoms with Crippen molar-refractivity contribution in [3.8, 4) is 11.1 Å². The highest BCUT2D eigenvalue weighted by Gasteiger charge is 2.04. The zero-order valence-corrected chi connectivity index (χ0v) is 11.2. The summed E-state index contributed by atoms with van der Waals surface area (Å²) < 4.78 is 0. The van der Waals surface area contributed by atoms with Crippen LogP contribution < -0.4 is 0 Å². The third kappa shape index (κ3) is 2.53. The van der Waals surface area contributed by atoms with E-state index in [0.717, 1.165) is 12.8 Å². The summed E-state index contributed by atoms with van der Waals surface area (Å²) in [5.41, 5.74) is 6.61. The van der Waals surface area contributed by atoms with Gasteiger partial charge in [0.2, 0.25) is 0 Å². The summed E-state index contributed by atoms with van der Waals surface area (Å²) in [5, 5.41) is 0. The molecule has 0 unspecified atom stereocenters. The molecule has 0 saturated carbocycles. The fourth-order valence-electron chi connectivity index (χ4n) is 2.36. The van der Waals surface area contributed by atoms with Crippen LogP contribution >= 0.6 is 0 Å². The Labute approximate surface area is 110 Å². The van der Waals surface area contributed by atoms with Gasteiger partial charge in [0, 0.05) is 0 Å². The average molecular weight is 236 g/mol. The van der Waals surface area contributed by atoms with E-state index in [4.69, 9.17) is 0 Å². The van der Waals surface area contributed by atoms with E-state index in [9.17, 15) is 0 Å². The molecule has 0 radical (unpaired) electrons. The lowest BCUT2D eigenvalue weighted by atomic mass is 9.94. The van der Waals surface area contributed by atoms with Crippen LogP contribution in [-0.2, 0) is 6.42 Å². The Morgan fingerprint density at radius 2 is 1.89 bits per heavy atom. The Kier molecular flexibility index (Phi) is 3.99. The van der Waals surface area contributed by atoms with Crippen LogP contribution in [0.3, 0.4) is 0 Å². The molecule has 0 aliphatic heterocycles. The summed E-state index contributed by atoms with van der Waals surface area (Å²) in [6.45, 7) is 8.27. The Bertz CT molecular complexity index is 550. The van der Waals surface area contributed by atoms with E-state index in [1.54, 1.807) is 0 Å². The van der Waals surface area contributed by atoms with Crippen LogP contribution in [0.15, 0.2) is 49.0 Å². The minimum atomic E-state index is 1.11. The molecular formula is C18H20. The van der Waals surface area contributed by atoms with Crippen molar-refractivity contribution in [3.05, 3.63) is 65.7 Å². The smallest absolute Gasteiger partial charge is 0.0155 e. The van der Waals surface area contributed by atoms with Gasteiger partial charge in [-0.1, -0.05) is 68.5 Å². The van der Waals surface area contributed by atoms with E-state index in [2.05, 4.69) is 62.9 Å². The Balaban J connectivity index is 2.50. The van der Waals surface area contributed by atoms with E-state index in [-0.39, 0.29) is 0 Å². The molecule has 0 nitrogen and oxygen atoms in total. The molecule has 0 spiro atoms. The largest absolute Gasteiger partial charge is 0.0985 e. The van der Waals surface area contributed by atoms with Crippen LogP contribution in [0.4, 0.5) is 0 Å². The summed E-state index contributed by atoms with van der Waals surface area (Å²) in [5.74, 6) is 0. The number of hydrogen-bond acceptors (Lipinski definition) is 0. The molecular weight excluding hydrogens is 216 g/mol. The number of hydrogen-bond donors (Lipinski definition) is 0. The van der Waals surface area contributed by atoms with E-state index < -0.39 is 0 Å². The van der Waals surface area contributed by atoms with Crippen molar-refractivity contribution in [3.63, 3.8) is 0 Å². The van der Waals surface area contributed by atoms with Crippen molar-refractivity contribution in [1.82, 2.24) is 0 Å². The third-order valence-electron chi connectivity index (χ3n) is 3.34. The molecule has 0 atom stereocenters. The van der Waals surface area contributed by atoms with Gasteiger partial charge in [-0.05, 0) is 41.2 Å². The lowest BCUT2D eigenvalue weighted by molar-refractivity contribution is 0.920. The molecule has 0 amide bonds. The first-order chi connectivity index (χ1) is 8.76. The molecule has 0 fully saturated rings. The summed E-state index contributed by atoms with van der Waals surface area (Å²) in [6, 6.07) is 15.2. The van der Waals surface area contributed by atoms with Crippen LogP contribution in [0.2, 0.25) is 0 Å². The molecule has 0 bridgehead atoms. The highest BCUT2D eigenvalue weighted by atomic mass is 14.1. The Morgan fingerprint density at radius 3 is 2.56 bits per heavy atom. The maximum Gasteiger partial charge on any atom is -0.0155 e. The summed E-state index contributed by atoms with van der Waals surface area (Å²) in [7, 11) is 0. The summed E-state index contributed by atoms with van der Waals surface area (Å²) in [6.07, 6.45) is 4.23. The van der Waals surface area contributed by atoms with Crippen molar-refractivity contribution < 1.29 is 0 Å². The topological polar surface area (TPSA) is 0 Å². The molecule has 0 heteroatoms. The van der Waals surface area contributed by atoms with E-state index in [0.29, 0.717) is 0 Å². The first-order valence-electron chi connectivity index (χ1n) is 6.57. The van der Waals surface area contributed by atoms with Crippen molar-refractivity contribution >= 4 is 6.08 Å². The van der Waals surface area contributed by atoms with Gasteiger partial charge in [0.25, 0.3) is 0 Å². The molecule has 2 aromatic carbocycles. The van der Waals surface area contributed by atoms with Gasteiger partial charge < -0.3 is 0 Å². The second-order valence-corrected chi connectivity index (χ2v) is 4.68. The van der Waals surface area contributed by atoms with E-state index >= 15 is 0 Å². The first-order valence-corrected chi connectivity index (χ1v) is 6.57. The van der Waals surface area contributed by atoms with Crippen molar-refractivity contribution in [2.24, 2.45) is 0 Å². The van der Waals surface area contributed by atoms with Gasteiger partial charge in [-0.3, -0.25) is 0 Å². The molecule has 2 rings (SSSR count). The van der Waals surface area contributed by atoms with E-state index in [1.165, 1.54) is 27.8 Å². The van der Waals surface area contributed by atoms with Crippen LogP contribution in [0.5, 0.6) is 0 Å². The van der Waals surface area contributed by atoms with Gasteiger partial charge in [0.05, 0.1) is 0 Å². The number of aryl methyl sites for hydroxylation is 2. The van der Waals surface area contributed by atoms with Crippen molar-refractivity contribution in [2.45, 2.75) is 26.7 Å². The van der Waals surface area contributed by atoms with Crippen molar-refractivity contribution in [1.29, 1.82) is 0 Å². The fourth-order valence-corrected chi connectivity index (χ4v) is 2.36. The molecule has 0 aromatic heterocycles. The zero-order valence-electron chi connectivity index (χ0n) is 11.2. The SMILES string of the molecule is C=Cc1ccc(-c2ccccc2C)cc1CCC. The van der Waals surface area contributed by atoms with Crippen LogP contribution in [0, 0.1) is 6.92 Å². The number of benzene rings is 2. The number of rotatable bonds is 4. The van der Waals surface area contributed by atoms with Gasteiger partial charge in [-0.2, -0.15) is 0 Å². The maximum atomic E-state index is 3.89. The molecule has 0 heterocycles. The predicted molar refractivity (Wildman–Crippen MR) is 80.7 cm³/mol. The standard InChI is InChI=1S/C18H20/c1-4-8-16-13-17(12-11-15(16)5-2)18-10-7-6-9-14(18)3/h5-7,9-13H,2,4,8H2,1,3H3. The molecule has 0 aliphatic rings. The predicted octanol–water partition coefficient (Wildman–Crippen LogP) is 5.26. The highest BCUT2D eigenvalue weighted by molar-refractivity contribution is 5.70. The molecule has 2 aromatic rings. The van der Waals surface area contributed by atoms with Crippen LogP contribution in [0.1, 0.15) is 30.0 Å². The summed E-state index contributed by atoms with van der Waals surface area (Å²) >= 11 is 0. The quantitative estimate of drug-likeness (QED) is 0.679. The average Bonchev–Trinajstić information content (AvgIpc) is 2.40. The Hall–Kier alpha value is -1.82. The lowest BCUT2D eigenvalue weighted by Gasteiger charge is -2.10. The van der Waals surface area contributed by atoms with Gasteiger partial charge in [0.15, 0.2) is 0 Å². The van der Waals surface area contributed by atoms with Crippen molar-refractivity contribution in [2.75, 3.05) is 0 Å². The fraction of sp³-hybridized carbons (Fsp3) is 0.222. The minimum Gasteiger partial charge on any atom is -0.0985 e. The molecule has 0 saturated heterocycles. The minimum absolute atomic E-state index is 1.11. The van der Waals surface area contributed by atoms with Gasteiger partial charge in [-0.25, -0.2) is 0 Å². The normalized spacial score (nSPS) is 10.3. The van der Waals surface area contributed by atoms with Gasteiger partial charge >= 0.3 is 0 Å². The lowest BCUT2D eigenvalue weighted by Crippen LogP contribution is -1.91. The van der Waals surface area contributed by atoms with Gasteiger partial charge in [0.1, 0.15) is 0 Å². The second kappa shape index (κ2) is 5.68. The second-order valence-electron chi connectivity index (χ2n) is 4.68. The van der Waals surface area contributed by atoms with Crippen LogP contribution in [0.25, 0.3) is 17.2 Å². The van der Waals surface area contributed by atoms with Crippen LogP contribution in [-0.4, -0.2) is 0 Å². The van der Waals surface area contributed by atoms with Gasteiger partial charge in [-0.15, -0.1) is 0 Å². The monoisotopic (exact) mass is 236 g/mol.